The first kappa shape index (κ1) is 29.5. The van der Waals surface area contributed by atoms with Gasteiger partial charge in [-0.15, -0.1) is 0 Å². The summed E-state index contributed by atoms with van der Waals surface area (Å²) < 4.78 is 17.3. The van der Waals surface area contributed by atoms with Crippen LogP contribution in [0.2, 0.25) is 0 Å². The molecule has 11 aromatic carbocycles. The molecule has 0 aliphatic carbocycles. The second kappa shape index (κ2) is 11.1. The molecule has 0 aliphatic heterocycles. The maximum atomic E-state index is 17.3. The molecule has 0 spiro atoms. The molecular formula is C50H31OP. The van der Waals surface area contributed by atoms with Crippen molar-refractivity contribution in [1.29, 1.82) is 0 Å². The zero-order valence-electron chi connectivity index (χ0n) is 28.3. The predicted octanol–water partition coefficient (Wildman–Crippen LogP) is 12.5. The van der Waals surface area contributed by atoms with E-state index in [1.165, 1.54) is 43.1 Å². The zero-order valence-corrected chi connectivity index (χ0v) is 29.1. The van der Waals surface area contributed by atoms with Crippen molar-refractivity contribution >= 4 is 87.7 Å². The first-order valence-electron chi connectivity index (χ1n) is 17.9. The topological polar surface area (TPSA) is 17.1 Å². The molecule has 0 fully saturated rings. The Balaban J connectivity index is 1.31. The second-order valence-corrected chi connectivity index (χ2v) is 16.7. The summed E-state index contributed by atoms with van der Waals surface area (Å²) in [5, 5.41) is 16.6. The Labute approximate surface area is 301 Å². The fraction of sp³-hybridized carbons (Fsp3) is 0. The van der Waals surface area contributed by atoms with Crippen molar-refractivity contribution in [2.45, 2.75) is 0 Å². The van der Waals surface area contributed by atoms with Crippen LogP contribution >= 0.6 is 7.14 Å². The summed E-state index contributed by atoms with van der Waals surface area (Å²) in [6, 6.07) is 66.9. The van der Waals surface area contributed by atoms with Crippen LogP contribution in [0.3, 0.4) is 0 Å². The molecular weight excluding hydrogens is 648 g/mol. The highest BCUT2D eigenvalue weighted by Crippen LogP contribution is 2.50. The molecule has 11 aromatic rings. The van der Waals surface area contributed by atoms with E-state index in [0.717, 1.165) is 59.7 Å². The highest BCUT2D eigenvalue weighted by atomic mass is 31.2. The average molecular weight is 679 g/mol. The first-order chi connectivity index (χ1) is 25.6. The van der Waals surface area contributed by atoms with Gasteiger partial charge < -0.3 is 4.57 Å². The summed E-state index contributed by atoms with van der Waals surface area (Å²) in [6.45, 7) is 0. The lowest BCUT2D eigenvalue weighted by Gasteiger charge is -2.26. The van der Waals surface area contributed by atoms with Gasteiger partial charge in [-0.25, -0.2) is 0 Å². The maximum absolute atomic E-state index is 17.3. The molecule has 0 unspecified atom stereocenters. The summed E-state index contributed by atoms with van der Waals surface area (Å²) in [5.74, 6) is 0. The molecule has 0 amide bonds. The van der Waals surface area contributed by atoms with E-state index in [-0.39, 0.29) is 0 Å². The van der Waals surface area contributed by atoms with Gasteiger partial charge in [-0.2, -0.15) is 0 Å². The van der Waals surface area contributed by atoms with Crippen molar-refractivity contribution in [3.8, 4) is 22.3 Å². The van der Waals surface area contributed by atoms with Crippen LogP contribution in [0.5, 0.6) is 0 Å². The first-order valence-corrected chi connectivity index (χ1v) is 19.6. The van der Waals surface area contributed by atoms with Crippen molar-refractivity contribution in [1.82, 2.24) is 0 Å². The molecule has 2 heteroatoms. The van der Waals surface area contributed by atoms with E-state index in [0.29, 0.717) is 0 Å². The normalized spacial score (nSPS) is 12.3. The summed E-state index contributed by atoms with van der Waals surface area (Å²) in [5.41, 5.74) is 4.29. The van der Waals surface area contributed by atoms with Crippen molar-refractivity contribution in [2.24, 2.45) is 0 Å². The lowest BCUT2D eigenvalue weighted by atomic mass is 9.94. The molecule has 0 atom stereocenters. The predicted molar refractivity (Wildman–Crippen MR) is 224 cm³/mol. The van der Waals surface area contributed by atoms with Gasteiger partial charge >= 0.3 is 0 Å². The summed E-state index contributed by atoms with van der Waals surface area (Å²) in [6.07, 6.45) is 0. The molecule has 52 heavy (non-hydrogen) atoms. The van der Waals surface area contributed by atoms with Gasteiger partial charge in [0.15, 0.2) is 7.14 Å². The maximum Gasteiger partial charge on any atom is 0.172 e. The van der Waals surface area contributed by atoms with Gasteiger partial charge in [0.1, 0.15) is 0 Å². The average Bonchev–Trinajstić information content (AvgIpc) is 3.22. The zero-order chi connectivity index (χ0) is 34.4. The van der Waals surface area contributed by atoms with Crippen LogP contribution < -0.4 is 15.9 Å². The largest absolute Gasteiger partial charge is 0.309 e. The third kappa shape index (κ3) is 4.21. The minimum atomic E-state index is -3.59. The Morgan fingerprint density at radius 1 is 0.288 bits per heavy atom. The molecule has 0 aromatic heterocycles. The van der Waals surface area contributed by atoms with Gasteiger partial charge in [0.2, 0.25) is 0 Å². The van der Waals surface area contributed by atoms with Gasteiger partial charge in [0, 0.05) is 15.9 Å². The molecule has 0 aliphatic rings. The lowest BCUT2D eigenvalue weighted by Crippen LogP contribution is -2.27. The van der Waals surface area contributed by atoms with Crippen molar-refractivity contribution < 1.29 is 4.57 Å². The summed E-state index contributed by atoms with van der Waals surface area (Å²) in [4.78, 5) is 0. The van der Waals surface area contributed by atoms with Crippen LogP contribution in [0.1, 0.15) is 0 Å². The van der Waals surface area contributed by atoms with Gasteiger partial charge in [-0.05, 0) is 117 Å². The van der Waals surface area contributed by atoms with Gasteiger partial charge in [-0.3, -0.25) is 0 Å². The van der Waals surface area contributed by atoms with Crippen LogP contribution in [-0.2, 0) is 4.57 Å². The van der Waals surface area contributed by atoms with Crippen LogP contribution in [0.25, 0.3) is 86.9 Å². The quantitative estimate of drug-likeness (QED) is 0.131. The molecule has 0 heterocycles. The summed E-state index contributed by atoms with van der Waals surface area (Å²) >= 11 is 0. The third-order valence-corrected chi connectivity index (χ3v) is 14.3. The Bertz CT molecular complexity index is 2960. The van der Waals surface area contributed by atoms with E-state index in [9.17, 15) is 0 Å². The molecule has 0 bridgehead atoms. The standard InChI is InChI=1S/C50H31OP/c51-52(45-27-23-38-19-17-34-13-7-15-36-21-25-43(45)49(38)47(34)36,46-28-24-39-20-18-35-14-8-16-37-22-26-44(46)50(39)48(35)37)42-30-40(32-9-3-1-4-10-32)29-41(31-42)33-11-5-2-6-12-33/h1-31H. The van der Waals surface area contributed by atoms with Gasteiger partial charge in [-0.1, -0.05) is 158 Å². The van der Waals surface area contributed by atoms with Gasteiger partial charge in [0.25, 0.3) is 0 Å². The smallest absolute Gasteiger partial charge is 0.172 e. The van der Waals surface area contributed by atoms with Crippen molar-refractivity contribution in [3.05, 3.63) is 188 Å². The molecule has 11 rings (SSSR count). The van der Waals surface area contributed by atoms with E-state index in [4.69, 9.17) is 0 Å². The number of benzene rings is 11. The molecule has 0 saturated heterocycles. The molecule has 0 N–H and O–H groups in total. The fourth-order valence-electron chi connectivity index (χ4n) is 8.78. The lowest BCUT2D eigenvalue weighted by molar-refractivity contribution is 0.593. The minimum absolute atomic E-state index is 0.831. The second-order valence-electron chi connectivity index (χ2n) is 14.0. The van der Waals surface area contributed by atoms with Crippen LogP contribution in [0.15, 0.2) is 188 Å². The Kier molecular flexibility index (Phi) is 6.30. The van der Waals surface area contributed by atoms with E-state index in [2.05, 4.69) is 176 Å². The highest BCUT2D eigenvalue weighted by Gasteiger charge is 2.35. The molecule has 242 valence electrons. The third-order valence-electron chi connectivity index (χ3n) is 11.2. The van der Waals surface area contributed by atoms with Gasteiger partial charge in [0.05, 0.1) is 0 Å². The monoisotopic (exact) mass is 678 g/mol. The fourth-order valence-corrected chi connectivity index (χ4v) is 11.9. The van der Waals surface area contributed by atoms with Crippen LogP contribution in [-0.4, -0.2) is 0 Å². The molecule has 1 nitrogen and oxygen atoms in total. The van der Waals surface area contributed by atoms with E-state index in [1.54, 1.807) is 0 Å². The van der Waals surface area contributed by atoms with Crippen LogP contribution in [0.4, 0.5) is 0 Å². The van der Waals surface area contributed by atoms with E-state index in [1.807, 2.05) is 12.1 Å². The SMILES string of the molecule is O=P(c1cc(-c2ccccc2)cc(-c2ccccc2)c1)(c1ccc2ccc3cccc4ccc1c2c34)c1ccc2ccc3cccc4ccc1c2c34. The Morgan fingerprint density at radius 3 is 1.08 bits per heavy atom. The van der Waals surface area contributed by atoms with E-state index >= 15 is 4.57 Å². The summed E-state index contributed by atoms with van der Waals surface area (Å²) in [7, 11) is -3.59. The van der Waals surface area contributed by atoms with Crippen molar-refractivity contribution in [3.63, 3.8) is 0 Å². The Hall–Kier alpha value is -6.27. The number of hydrogen-bond donors (Lipinski definition) is 0. The Morgan fingerprint density at radius 2 is 0.654 bits per heavy atom. The number of rotatable bonds is 5. The molecule has 0 radical (unpaired) electrons. The number of hydrogen-bond acceptors (Lipinski definition) is 1. The highest BCUT2D eigenvalue weighted by molar-refractivity contribution is 7.86. The van der Waals surface area contributed by atoms with Crippen LogP contribution in [0, 0.1) is 0 Å². The van der Waals surface area contributed by atoms with E-state index < -0.39 is 7.14 Å². The van der Waals surface area contributed by atoms with Crippen molar-refractivity contribution in [2.75, 3.05) is 0 Å². The minimum Gasteiger partial charge on any atom is -0.309 e. The molecule has 0 saturated carbocycles.